The van der Waals surface area contributed by atoms with Crippen LogP contribution >= 0.6 is 0 Å². The maximum absolute atomic E-state index is 12.5. The van der Waals surface area contributed by atoms with E-state index in [0.717, 1.165) is 24.2 Å². The fourth-order valence-electron chi connectivity index (χ4n) is 2.82. The molecule has 2 heterocycles. The van der Waals surface area contributed by atoms with Crippen molar-refractivity contribution in [2.45, 2.75) is 19.9 Å². The van der Waals surface area contributed by atoms with Crippen molar-refractivity contribution in [3.05, 3.63) is 89.5 Å². The highest BCUT2D eigenvalue weighted by atomic mass is 16.1. The van der Waals surface area contributed by atoms with E-state index in [0.29, 0.717) is 12.1 Å². The molecule has 0 spiro atoms. The van der Waals surface area contributed by atoms with E-state index in [1.54, 1.807) is 24.8 Å². The Morgan fingerprint density at radius 1 is 1.07 bits per heavy atom. The van der Waals surface area contributed by atoms with Gasteiger partial charge in [-0.3, -0.25) is 14.8 Å². The monoisotopic (exact) mass is 360 g/mol. The first kappa shape index (κ1) is 18.6. The Morgan fingerprint density at radius 3 is 2.63 bits per heavy atom. The van der Waals surface area contributed by atoms with Crippen LogP contribution in [-0.4, -0.2) is 29.5 Å². The Labute approximate surface area is 160 Å². The topological polar surface area (TPSA) is 58.1 Å². The van der Waals surface area contributed by atoms with Crippen molar-refractivity contribution in [1.29, 1.82) is 0 Å². The molecule has 1 aromatic carbocycles. The number of amides is 1. The van der Waals surface area contributed by atoms with Crippen molar-refractivity contribution in [2.75, 3.05) is 18.5 Å². The lowest BCUT2D eigenvalue weighted by atomic mass is 10.1. The maximum atomic E-state index is 12.5. The minimum atomic E-state index is -0.116. The van der Waals surface area contributed by atoms with Crippen molar-refractivity contribution in [3.63, 3.8) is 0 Å². The van der Waals surface area contributed by atoms with Gasteiger partial charge in [0, 0.05) is 38.7 Å². The van der Waals surface area contributed by atoms with Crippen LogP contribution in [0.2, 0.25) is 0 Å². The lowest BCUT2D eigenvalue weighted by Crippen LogP contribution is -2.25. The molecule has 0 fully saturated rings. The van der Waals surface area contributed by atoms with E-state index in [9.17, 15) is 4.79 Å². The van der Waals surface area contributed by atoms with Crippen molar-refractivity contribution in [2.24, 2.45) is 0 Å². The lowest BCUT2D eigenvalue weighted by molar-refractivity contribution is 0.0950. The van der Waals surface area contributed by atoms with Crippen molar-refractivity contribution < 1.29 is 4.79 Å². The van der Waals surface area contributed by atoms with Crippen LogP contribution in [0, 0.1) is 6.92 Å². The van der Waals surface area contributed by atoms with Gasteiger partial charge in [-0.15, -0.1) is 0 Å². The van der Waals surface area contributed by atoms with Gasteiger partial charge in [-0.1, -0.05) is 24.3 Å². The molecule has 5 heteroatoms. The predicted molar refractivity (Wildman–Crippen MR) is 108 cm³/mol. The Bertz CT molecular complexity index is 896. The van der Waals surface area contributed by atoms with E-state index in [2.05, 4.69) is 20.2 Å². The van der Waals surface area contributed by atoms with Crippen molar-refractivity contribution in [1.82, 2.24) is 15.3 Å². The van der Waals surface area contributed by atoms with Crippen molar-refractivity contribution in [3.8, 4) is 0 Å². The number of pyridine rings is 2. The summed E-state index contributed by atoms with van der Waals surface area (Å²) in [5, 5.41) is 2.98. The number of rotatable bonds is 7. The zero-order valence-electron chi connectivity index (χ0n) is 15.7. The number of benzene rings is 1. The quantitative estimate of drug-likeness (QED) is 0.702. The van der Waals surface area contributed by atoms with Gasteiger partial charge in [0.05, 0.1) is 17.4 Å². The second-order valence-corrected chi connectivity index (χ2v) is 6.57. The molecular weight excluding hydrogens is 336 g/mol. The highest BCUT2D eigenvalue weighted by Gasteiger charge is 2.10. The van der Waals surface area contributed by atoms with Gasteiger partial charge in [-0.2, -0.15) is 0 Å². The van der Waals surface area contributed by atoms with E-state index in [4.69, 9.17) is 0 Å². The van der Waals surface area contributed by atoms with Crippen LogP contribution in [0.1, 0.15) is 27.0 Å². The van der Waals surface area contributed by atoms with Crippen molar-refractivity contribution >= 4 is 11.6 Å². The van der Waals surface area contributed by atoms with Crippen LogP contribution in [0.4, 0.5) is 5.69 Å². The fourth-order valence-corrected chi connectivity index (χ4v) is 2.82. The minimum absolute atomic E-state index is 0.116. The number of anilines is 1. The number of aryl methyl sites for hydroxylation is 1. The average molecular weight is 360 g/mol. The van der Waals surface area contributed by atoms with E-state index in [1.165, 1.54) is 11.1 Å². The van der Waals surface area contributed by atoms with Crippen LogP contribution in [0.3, 0.4) is 0 Å². The molecule has 27 heavy (non-hydrogen) atoms. The van der Waals surface area contributed by atoms with E-state index >= 15 is 0 Å². The summed E-state index contributed by atoms with van der Waals surface area (Å²) in [6.45, 7) is 3.38. The molecule has 0 radical (unpaired) electrons. The van der Waals surface area contributed by atoms with Gasteiger partial charge >= 0.3 is 0 Å². The third-order valence-corrected chi connectivity index (χ3v) is 4.61. The largest absolute Gasteiger partial charge is 0.373 e. The first-order valence-electron chi connectivity index (χ1n) is 9.01. The number of likely N-dealkylation sites (N-methyl/N-ethyl adjacent to an activating group) is 1. The third kappa shape index (κ3) is 5.14. The molecule has 0 aliphatic rings. The Balaban J connectivity index is 1.60. The standard InChI is InChI=1S/C22H24N4O/c1-17-5-3-4-6-19(17)15-25-22(27)20-13-21(16-24-14-20)26(2)12-9-18-7-10-23-11-8-18/h3-8,10-11,13-14,16H,9,12,15H2,1-2H3,(H,25,27). The second kappa shape index (κ2) is 8.94. The number of hydrogen-bond acceptors (Lipinski definition) is 4. The van der Waals surface area contributed by atoms with Gasteiger partial charge in [0.2, 0.25) is 0 Å². The Morgan fingerprint density at radius 2 is 1.85 bits per heavy atom. The highest BCUT2D eigenvalue weighted by molar-refractivity contribution is 5.94. The lowest BCUT2D eigenvalue weighted by Gasteiger charge is -2.19. The summed E-state index contributed by atoms with van der Waals surface area (Å²) in [5.41, 5.74) is 5.01. The summed E-state index contributed by atoms with van der Waals surface area (Å²) in [7, 11) is 2.01. The predicted octanol–water partition coefficient (Wildman–Crippen LogP) is 3.39. The first-order valence-corrected chi connectivity index (χ1v) is 9.01. The van der Waals surface area contributed by atoms with E-state index < -0.39 is 0 Å². The maximum Gasteiger partial charge on any atom is 0.253 e. The number of nitrogens with zero attached hydrogens (tertiary/aromatic N) is 3. The molecule has 0 bridgehead atoms. The zero-order chi connectivity index (χ0) is 19.1. The minimum Gasteiger partial charge on any atom is -0.373 e. The second-order valence-electron chi connectivity index (χ2n) is 6.57. The van der Waals surface area contributed by atoms with Gasteiger partial charge in [0.1, 0.15) is 0 Å². The van der Waals surface area contributed by atoms with Gasteiger partial charge in [-0.05, 0) is 48.2 Å². The summed E-state index contributed by atoms with van der Waals surface area (Å²) < 4.78 is 0. The molecule has 0 aliphatic heterocycles. The molecule has 0 aliphatic carbocycles. The molecule has 2 aromatic heterocycles. The van der Waals surface area contributed by atoms with Gasteiger partial charge < -0.3 is 10.2 Å². The highest BCUT2D eigenvalue weighted by Crippen LogP contribution is 2.14. The van der Waals surface area contributed by atoms with Gasteiger partial charge in [0.15, 0.2) is 0 Å². The molecule has 1 N–H and O–H groups in total. The number of nitrogens with one attached hydrogen (secondary N) is 1. The molecule has 0 atom stereocenters. The number of hydrogen-bond donors (Lipinski definition) is 1. The SMILES string of the molecule is Cc1ccccc1CNC(=O)c1cncc(N(C)CCc2ccncc2)c1. The fraction of sp³-hybridized carbons (Fsp3) is 0.227. The molecule has 0 saturated carbocycles. The number of aromatic nitrogens is 2. The third-order valence-electron chi connectivity index (χ3n) is 4.61. The van der Waals surface area contributed by atoms with Crippen LogP contribution in [-0.2, 0) is 13.0 Å². The number of carbonyl (C=O) groups excluding carboxylic acids is 1. The zero-order valence-corrected chi connectivity index (χ0v) is 15.7. The summed E-state index contributed by atoms with van der Waals surface area (Å²) in [6.07, 6.45) is 7.90. The summed E-state index contributed by atoms with van der Waals surface area (Å²) in [5.74, 6) is -0.116. The van der Waals surface area contributed by atoms with Crippen LogP contribution in [0.5, 0.6) is 0 Å². The normalized spacial score (nSPS) is 10.4. The van der Waals surface area contributed by atoms with E-state index in [1.807, 2.05) is 56.4 Å². The van der Waals surface area contributed by atoms with Crippen LogP contribution < -0.4 is 10.2 Å². The molecule has 0 saturated heterocycles. The smallest absolute Gasteiger partial charge is 0.253 e. The first-order chi connectivity index (χ1) is 13.1. The Kier molecular flexibility index (Phi) is 6.15. The van der Waals surface area contributed by atoms with Gasteiger partial charge in [-0.25, -0.2) is 0 Å². The summed E-state index contributed by atoms with van der Waals surface area (Å²) >= 11 is 0. The molecule has 0 unspecified atom stereocenters. The molecule has 138 valence electrons. The average Bonchev–Trinajstić information content (AvgIpc) is 2.72. The Hall–Kier alpha value is -3.21. The van der Waals surface area contributed by atoms with E-state index in [-0.39, 0.29) is 5.91 Å². The molecule has 1 amide bonds. The van der Waals surface area contributed by atoms with Gasteiger partial charge in [0.25, 0.3) is 5.91 Å². The summed E-state index contributed by atoms with van der Waals surface area (Å²) in [4.78, 5) is 22.9. The summed E-state index contributed by atoms with van der Waals surface area (Å²) in [6, 6.07) is 14.0. The number of carbonyl (C=O) groups is 1. The van der Waals surface area contributed by atoms with Crippen LogP contribution in [0.15, 0.2) is 67.3 Å². The molecule has 3 rings (SSSR count). The molecular formula is C22H24N4O. The van der Waals surface area contributed by atoms with Crippen LogP contribution in [0.25, 0.3) is 0 Å². The molecule has 3 aromatic rings. The molecule has 5 nitrogen and oxygen atoms in total.